The van der Waals surface area contributed by atoms with E-state index in [1.165, 1.54) is 11.3 Å². The number of carbonyl (C=O) groups excluding carboxylic acids is 3. The van der Waals surface area contributed by atoms with Crippen LogP contribution < -0.4 is 10.6 Å². The summed E-state index contributed by atoms with van der Waals surface area (Å²) in [6, 6.07) is 5.73. The Kier molecular flexibility index (Phi) is 7.50. The highest BCUT2D eigenvalue weighted by Gasteiger charge is 2.17. The number of hydrogen-bond donors (Lipinski definition) is 2. The second-order valence-electron chi connectivity index (χ2n) is 7.62. The lowest BCUT2D eigenvalue weighted by atomic mass is 9.97. The third-order valence-corrected chi connectivity index (χ3v) is 4.60. The van der Waals surface area contributed by atoms with Crippen LogP contribution in [0.15, 0.2) is 23.6 Å². The molecule has 0 atom stereocenters. The van der Waals surface area contributed by atoms with Crippen LogP contribution in [0.1, 0.15) is 57.0 Å². The molecular formula is C21H27N3O4S. The molecule has 7 nitrogen and oxygen atoms in total. The summed E-state index contributed by atoms with van der Waals surface area (Å²) in [6.07, 6.45) is 1.15. The number of thiazole rings is 1. The van der Waals surface area contributed by atoms with E-state index in [1.807, 2.05) is 23.6 Å². The van der Waals surface area contributed by atoms with E-state index in [-0.39, 0.29) is 12.3 Å². The first kappa shape index (κ1) is 22.5. The van der Waals surface area contributed by atoms with Gasteiger partial charge in [-0.1, -0.05) is 25.5 Å². The largest absolute Gasteiger partial charge is 0.444 e. The molecule has 1 aromatic heterocycles. The lowest BCUT2D eigenvalue weighted by Gasteiger charge is -2.19. The summed E-state index contributed by atoms with van der Waals surface area (Å²) in [5.74, 6) is -0.383. The molecule has 2 rings (SSSR count). The van der Waals surface area contributed by atoms with E-state index in [2.05, 4.69) is 22.5 Å². The first-order valence-electron chi connectivity index (χ1n) is 9.45. The van der Waals surface area contributed by atoms with Crippen molar-refractivity contribution < 1.29 is 19.1 Å². The minimum atomic E-state index is -0.656. The summed E-state index contributed by atoms with van der Waals surface area (Å²) >= 11 is 1.27. The van der Waals surface area contributed by atoms with Gasteiger partial charge in [-0.3, -0.25) is 9.59 Å². The maximum Gasteiger partial charge on any atom is 0.408 e. The van der Waals surface area contributed by atoms with Crippen molar-refractivity contribution in [3.8, 4) is 11.3 Å². The molecule has 0 aliphatic carbocycles. The summed E-state index contributed by atoms with van der Waals surface area (Å²) < 4.78 is 5.09. The van der Waals surface area contributed by atoms with Crippen LogP contribution in [0.25, 0.3) is 11.3 Å². The fourth-order valence-electron chi connectivity index (χ4n) is 2.64. The molecule has 8 heteroatoms. The van der Waals surface area contributed by atoms with Crippen molar-refractivity contribution in [1.29, 1.82) is 0 Å². The first-order valence-corrected chi connectivity index (χ1v) is 10.3. The monoisotopic (exact) mass is 417 g/mol. The topological polar surface area (TPSA) is 97.4 Å². The number of ketones is 1. The molecule has 156 valence electrons. The van der Waals surface area contributed by atoms with E-state index in [9.17, 15) is 14.4 Å². The Morgan fingerprint density at radius 3 is 2.55 bits per heavy atom. The molecule has 0 aliphatic heterocycles. The Balaban J connectivity index is 2.02. The molecule has 0 radical (unpaired) electrons. The summed E-state index contributed by atoms with van der Waals surface area (Å²) in [7, 11) is 0. The lowest BCUT2D eigenvalue weighted by Crippen LogP contribution is -2.37. The van der Waals surface area contributed by atoms with Crippen molar-refractivity contribution >= 4 is 34.3 Å². The highest BCUT2D eigenvalue weighted by Crippen LogP contribution is 2.27. The van der Waals surface area contributed by atoms with Gasteiger partial charge in [-0.05, 0) is 45.7 Å². The third kappa shape index (κ3) is 6.98. The number of anilines is 1. The molecule has 2 aromatic rings. The van der Waals surface area contributed by atoms with Crippen molar-refractivity contribution in [2.75, 3.05) is 11.9 Å². The molecule has 0 bridgehead atoms. The summed E-state index contributed by atoms with van der Waals surface area (Å²) in [5, 5.41) is 7.28. The third-order valence-electron chi connectivity index (χ3n) is 3.85. The molecule has 0 aliphatic rings. The van der Waals surface area contributed by atoms with E-state index in [1.54, 1.807) is 27.7 Å². The van der Waals surface area contributed by atoms with Crippen LogP contribution in [0.4, 0.5) is 9.93 Å². The zero-order valence-electron chi connectivity index (χ0n) is 17.4. The molecule has 1 heterocycles. The van der Waals surface area contributed by atoms with Crippen LogP contribution in [0.5, 0.6) is 0 Å². The fraction of sp³-hybridized carbons (Fsp3) is 0.429. The van der Waals surface area contributed by atoms with Gasteiger partial charge < -0.3 is 15.4 Å². The summed E-state index contributed by atoms with van der Waals surface area (Å²) in [6.45, 7) is 8.65. The van der Waals surface area contributed by atoms with Crippen LogP contribution in [0, 0.1) is 0 Å². The molecule has 1 aromatic carbocycles. The standard InChI is InChI=1S/C21H27N3O4S/c1-6-7-14-8-9-15(10-16(14)13(2)25)17-12-29-19(23-17)24-18(26)11-22-20(27)28-21(3,4)5/h8-10,12H,6-7,11H2,1-5H3,(H,22,27)(H,23,24,26). The van der Waals surface area contributed by atoms with Gasteiger partial charge in [-0.2, -0.15) is 0 Å². The van der Waals surface area contributed by atoms with E-state index < -0.39 is 17.6 Å². The first-order chi connectivity index (χ1) is 13.6. The Hall–Kier alpha value is -2.74. The molecule has 2 N–H and O–H groups in total. The van der Waals surface area contributed by atoms with Gasteiger partial charge in [0.2, 0.25) is 5.91 Å². The lowest BCUT2D eigenvalue weighted by molar-refractivity contribution is -0.115. The molecule has 0 spiro atoms. The number of aryl methyl sites for hydroxylation is 1. The Labute approximate surface area is 174 Å². The van der Waals surface area contributed by atoms with E-state index in [4.69, 9.17) is 4.74 Å². The number of amides is 2. The maximum atomic E-state index is 12.0. The average Bonchev–Trinajstić information content (AvgIpc) is 3.07. The van der Waals surface area contributed by atoms with Crippen LogP contribution in [-0.4, -0.2) is 34.9 Å². The van der Waals surface area contributed by atoms with Gasteiger partial charge in [-0.25, -0.2) is 9.78 Å². The number of alkyl carbamates (subject to hydrolysis) is 1. The number of benzene rings is 1. The molecule has 0 saturated carbocycles. The Morgan fingerprint density at radius 2 is 1.93 bits per heavy atom. The minimum absolute atomic E-state index is 0.0206. The smallest absolute Gasteiger partial charge is 0.408 e. The number of ether oxygens (including phenoxy) is 1. The summed E-state index contributed by atoms with van der Waals surface area (Å²) in [5.41, 5.74) is 2.59. The number of rotatable bonds is 7. The molecule has 29 heavy (non-hydrogen) atoms. The molecule has 2 amide bonds. The normalized spacial score (nSPS) is 11.1. The van der Waals surface area contributed by atoms with Crippen molar-refractivity contribution in [2.24, 2.45) is 0 Å². The highest BCUT2D eigenvalue weighted by molar-refractivity contribution is 7.14. The predicted octanol–water partition coefficient (Wildman–Crippen LogP) is 4.43. The van der Waals surface area contributed by atoms with Crippen LogP contribution in [0.2, 0.25) is 0 Å². The van der Waals surface area contributed by atoms with Gasteiger partial charge in [0.05, 0.1) is 5.69 Å². The van der Waals surface area contributed by atoms with Gasteiger partial charge >= 0.3 is 6.09 Å². The van der Waals surface area contributed by atoms with Crippen LogP contribution >= 0.6 is 11.3 Å². The van der Waals surface area contributed by atoms with Crippen molar-refractivity contribution in [3.05, 3.63) is 34.7 Å². The number of carbonyl (C=O) groups is 3. The second kappa shape index (κ2) is 9.65. The summed E-state index contributed by atoms with van der Waals surface area (Å²) in [4.78, 5) is 40.0. The zero-order valence-corrected chi connectivity index (χ0v) is 18.2. The second-order valence-corrected chi connectivity index (χ2v) is 8.48. The van der Waals surface area contributed by atoms with Gasteiger partial charge in [0.15, 0.2) is 10.9 Å². The zero-order chi connectivity index (χ0) is 21.6. The number of aromatic nitrogens is 1. The Morgan fingerprint density at radius 1 is 1.21 bits per heavy atom. The van der Waals surface area contributed by atoms with Crippen LogP contribution in [-0.2, 0) is 16.0 Å². The molecule has 0 saturated heterocycles. The van der Waals surface area contributed by atoms with Crippen molar-refractivity contribution in [2.45, 2.75) is 53.1 Å². The number of hydrogen-bond acceptors (Lipinski definition) is 6. The van der Waals surface area contributed by atoms with Gasteiger partial charge in [-0.15, -0.1) is 11.3 Å². The Bertz CT molecular complexity index is 900. The highest BCUT2D eigenvalue weighted by atomic mass is 32.1. The quantitative estimate of drug-likeness (QED) is 0.650. The van der Waals surface area contributed by atoms with E-state index in [0.29, 0.717) is 16.4 Å². The SMILES string of the molecule is CCCc1ccc(-c2csc(NC(=O)CNC(=O)OC(C)(C)C)n2)cc1C(C)=O. The van der Waals surface area contributed by atoms with Crippen LogP contribution in [0.3, 0.4) is 0 Å². The molecule has 0 unspecified atom stereocenters. The van der Waals surface area contributed by atoms with Gasteiger partial charge in [0, 0.05) is 16.5 Å². The van der Waals surface area contributed by atoms with E-state index in [0.717, 1.165) is 24.0 Å². The number of nitrogens with one attached hydrogen (secondary N) is 2. The maximum absolute atomic E-state index is 12.0. The van der Waals surface area contributed by atoms with Crippen molar-refractivity contribution in [1.82, 2.24) is 10.3 Å². The van der Waals surface area contributed by atoms with Gasteiger partial charge in [0.25, 0.3) is 0 Å². The fourth-order valence-corrected chi connectivity index (χ4v) is 3.38. The molecular weight excluding hydrogens is 390 g/mol. The molecule has 0 fully saturated rings. The average molecular weight is 418 g/mol. The van der Waals surface area contributed by atoms with E-state index >= 15 is 0 Å². The van der Waals surface area contributed by atoms with Gasteiger partial charge in [0.1, 0.15) is 12.1 Å². The predicted molar refractivity (Wildman–Crippen MR) is 114 cm³/mol. The minimum Gasteiger partial charge on any atom is -0.444 e. The van der Waals surface area contributed by atoms with Crippen molar-refractivity contribution in [3.63, 3.8) is 0 Å². The number of Topliss-reactive ketones (excluding diaryl/α,β-unsaturated/α-hetero) is 1. The number of nitrogens with zero attached hydrogens (tertiary/aromatic N) is 1.